The summed E-state index contributed by atoms with van der Waals surface area (Å²) in [6.07, 6.45) is 5.69. The predicted octanol–water partition coefficient (Wildman–Crippen LogP) is -9.10. The molecule has 808 valence electrons. The molecule has 3 aliphatic rings. The van der Waals surface area contributed by atoms with Gasteiger partial charge in [-0.15, -0.1) is 0 Å². The van der Waals surface area contributed by atoms with Crippen LogP contribution in [0.5, 0.6) is 0 Å². The Morgan fingerprint density at radius 2 is 0.821 bits per heavy atom. The molecular formula is C90H152N34O20S. The number of aliphatic hydroxyl groups is 1. The maximum absolute atomic E-state index is 15.2. The minimum atomic E-state index is -1.87. The molecule has 0 saturated carbocycles. The van der Waals surface area contributed by atoms with Gasteiger partial charge in [0.25, 0.3) is 0 Å². The number of hydrogen-bond donors (Lipinski definition) is 32. The molecule has 0 aliphatic carbocycles. The van der Waals surface area contributed by atoms with Crippen molar-refractivity contribution in [2.24, 2.45) is 51.8 Å². The Bertz CT molecular complexity index is 4660. The zero-order valence-corrected chi connectivity index (χ0v) is 83.6. The third-order valence-electron chi connectivity index (χ3n) is 24.2. The van der Waals surface area contributed by atoms with Gasteiger partial charge in [0.05, 0.1) is 31.2 Å². The number of benzene rings is 1. The van der Waals surface area contributed by atoms with Gasteiger partial charge in [0.2, 0.25) is 100 Å². The molecule has 3 fully saturated rings. The van der Waals surface area contributed by atoms with Crippen LogP contribution < -0.4 is 136 Å². The molecule has 55 heteroatoms. The quantitative estimate of drug-likeness (QED) is 0.0166. The SMILES string of the molecule is CSCC[C@H](NC(=O)[C@@H]1CCCN1C(=O)CNC(=O)[C@H](CCCCN)NC(=O)[C@H](Cc1c[nH]cn1)NC(=O)[C@H](CO)NC(=O)[C@H](CC(C)C)NC(=O)[C@H](CCCNC(=N)N)NC(=O)[C@@H]1CCCN1C(=O)[C@H](CCCNC(=N)N)NC(=O)[C@H](CCC(N)=O)NC(=O)[C@H](CCCNC(=N)N)NC(=O)[C@H](CCCNC(=N)N)NC(=O)[C@H](C)NC(=O)[C@@H](N)CCCCN)C(=O)N1CCC[C@H]1C(=O)N[C@@H](Cc1ccccc1)C(=O)O. The van der Waals surface area contributed by atoms with Crippen molar-refractivity contribution < 1.29 is 96.5 Å². The number of nitrogens with two attached hydrogens (primary N) is 8. The van der Waals surface area contributed by atoms with Crippen molar-refractivity contribution in [3.05, 3.63) is 54.1 Å². The van der Waals surface area contributed by atoms with Crippen molar-refractivity contribution >= 4 is 142 Å². The summed E-state index contributed by atoms with van der Waals surface area (Å²) in [4.78, 5) is 266. The first kappa shape index (κ1) is 122. The van der Waals surface area contributed by atoms with E-state index in [1.54, 1.807) is 50.4 Å². The number of carboxylic acids is 1. The average Bonchev–Trinajstić information content (AvgIpc) is 1.69. The van der Waals surface area contributed by atoms with E-state index in [1.165, 1.54) is 41.0 Å². The fraction of sp³-hybridized carbons (Fsp3) is 0.656. The number of nitrogens with one attached hydrogen (secondary N) is 22. The zero-order valence-electron chi connectivity index (χ0n) is 82.8. The number of carbonyl (C=O) groups excluding carboxylic acids is 17. The van der Waals surface area contributed by atoms with Gasteiger partial charge in [-0.25, -0.2) is 9.78 Å². The maximum Gasteiger partial charge on any atom is 0.326 e. The number of amides is 17. The highest BCUT2D eigenvalue weighted by Crippen LogP contribution is 2.25. The number of nitrogens with zero attached hydrogens (tertiary/aromatic N) is 4. The third kappa shape index (κ3) is 43.7. The van der Waals surface area contributed by atoms with E-state index in [1.807, 2.05) is 0 Å². The molecule has 54 nitrogen and oxygen atoms in total. The summed E-state index contributed by atoms with van der Waals surface area (Å²) in [6, 6.07) is -13.8. The largest absolute Gasteiger partial charge is 0.480 e. The number of carboxylic acid groups (broad SMARTS) is 1. The summed E-state index contributed by atoms with van der Waals surface area (Å²) in [5.41, 5.74) is 46.2. The maximum atomic E-state index is 15.2. The molecule has 1 aromatic carbocycles. The topological polar surface area (TPSA) is 894 Å². The number of imidazole rings is 1. The van der Waals surface area contributed by atoms with Gasteiger partial charge >= 0.3 is 5.97 Å². The molecular weight excluding hydrogens is 1910 g/mol. The molecule has 0 radical (unpaired) electrons. The van der Waals surface area contributed by atoms with E-state index in [-0.39, 0.29) is 180 Å². The van der Waals surface area contributed by atoms with E-state index in [0.29, 0.717) is 50.0 Å². The van der Waals surface area contributed by atoms with Crippen LogP contribution in [0.3, 0.4) is 0 Å². The van der Waals surface area contributed by atoms with Gasteiger partial charge in [-0.3, -0.25) is 103 Å². The summed E-state index contributed by atoms with van der Waals surface area (Å²) in [5.74, 6) is -17.9. The Morgan fingerprint density at radius 1 is 0.434 bits per heavy atom. The van der Waals surface area contributed by atoms with E-state index in [2.05, 4.69) is 100 Å². The van der Waals surface area contributed by atoms with Crippen molar-refractivity contribution in [2.75, 3.05) is 84.1 Å². The second kappa shape index (κ2) is 64.7. The number of aliphatic carboxylic acids is 1. The molecule has 16 atom stereocenters. The van der Waals surface area contributed by atoms with Gasteiger partial charge in [-0.1, -0.05) is 50.6 Å². The van der Waals surface area contributed by atoms with Crippen LogP contribution in [-0.2, 0) is 99.1 Å². The second-order valence-corrected chi connectivity index (χ2v) is 37.2. The molecule has 0 unspecified atom stereocenters. The van der Waals surface area contributed by atoms with Gasteiger partial charge < -0.3 is 166 Å². The monoisotopic (exact) mass is 2060 g/mol. The summed E-state index contributed by atoms with van der Waals surface area (Å²) >= 11 is 1.40. The Hall–Kier alpha value is -13.8. The lowest BCUT2D eigenvalue weighted by Crippen LogP contribution is -2.61. The standard InChI is InChI=1S/C90H152N34O20S/c1-50(2)43-62(78(135)121-65(48-125)80(137)119-63(45-53-46-103-49-109-53)79(136)112-55(22-9-11-34-92)73(130)108-47-70(127)122-39-16-27-66(122)81(138)117-61(32-42-145-4)85(142)124-41-18-29-68(124)83(140)120-64(86(143)144)44-52-19-6-5-7-20-52)118-76(133)58(25-14-37-106-89(99)100)115-82(139)67-28-17-40-123(67)84(141)60(26-15-38-107-90(101)102)116-77(134)59(30-31-69(94)126)114-75(132)57(24-13-36-105-88(97)98)113-74(131)56(23-12-35-104-87(95)96)111-71(128)51(3)110-72(129)54(93)21-8-10-33-91/h5-7,19-20,46,49-51,54-68,125H,8-18,21-45,47-48,91-93H2,1-4H3,(H2,94,126)(H,103,109)(H,108,130)(H,110,129)(H,111,128)(H,112,136)(H,113,131)(H,114,132)(H,115,139)(H,116,134)(H,117,138)(H,118,133)(H,119,137)(H,120,140)(H,121,135)(H,143,144)(H4,95,96,104)(H4,97,98,105)(H4,99,100,106)(H4,101,102,107)/t51-,54-,55-,56-,57-,58-,59-,60-,61-,62-,63-,64-,65-,66-,67-,68-/m0/s1. The number of guanidine groups is 4. The van der Waals surface area contributed by atoms with Crippen LogP contribution in [0.2, 0.25) is 0 Å². The lowest BCUT2D eigenvalue weighted by Gasteiger charge is -2.31. The number of hydrogen-bond acceptors (Lipinski definition) is 28. The van der Waals surface area contributed by atoms with Crippen molar-refractivity contribution in [1.82, 2.24) is 115 Å². The van der Waals surface area contributed by atoms with Crippen LogP contribution >= 0.6 is 11.8 Å². The molecule has 17 amide bonds. The van der Waals surface area contributed by atoms with Crippen molar-refractivity contribution in [2.45, 2.75) is 284 Å². The number of aliphatic hydroxyl groups excluding tert-OH is 1. The summed E-state index contributed by atoms with van der Waals surface area (Å²) in [5, 5.41) is 96.0. The highest BCUT2D eigenvalue weighted by Gasteiger charge is 2.45. The number of rotatable bonds is 67. The predicted molar refractivity (Wildman–Crippen MR) is 534 cm³/mol. The van der Waals surface area contributed by atoms with E-state index in [9.17, 15) is 91.7 Å². The fourth-order valence-corrected chi connectivity index (χ4v) is 17.0. The van der Waals surface area contributed by atoms with Gasteiger partial charge in [-0.2, -0.15) is 11.8 Å². The summed E-state index contributed by atoms with van der Waals surface area (Å²) < 4.78 is 0. The number of carbonyl (C=O) groups is 18. The summed E-state index contributed by atoms with van der Waals surface area (Å²) in [7, 11) is 0. The first-order valence-corrected chi connectivity index (χ1v) is 50.3. The second-order valence-electron chi connectivity index (χ2n) is 36.2. The average molecular weight is 2060 g/mol. The minimum Gasteiger partial charge on any atom is -0.480 e. The number of likely N-dealkylation sites (tertiary alicyclic amines) is 3. The normalized spacial score (nSPS) is 16.9. The van der Waals surface area contributed by atoms with Crippen LogP contribution in [0.15, 0.2) is 42.9 Å². The van der Waals surface area contributed by atoms with Gasteiger partial charge in [0.1, 0.15) is 90.6 Å². The molecule has 145 heavy (non-hydrogen) atoms. The molecule has 5 rings (SSSR count). The molecule has 40 N–H and O–H groups in total. The molecule has 3 aliphatic heterocycles. The Balaban J connectivity index is 1.34. The third-order valence-corrected chi connectivity index (χ3v) is 24.9. The van der Waals surface area contributed by atoms with Crippen LogP contribution in [0.1, 0.15) is 186 Å². The fourth-order valence-electron chi connectivity index (χ4n) is 16.5. The van der Waals surface area contributed by atoms with Crippen LogP contribution in [-0.4, -0.2) is 346 Å². The lowest BCUT2D eigenvalue weighted by atomic mass is 10.0. The number of H-pyrrole nitrogens is 1. The molecule has 0 bridgehead atoms. The van der Waals surface area contributed by atoms with Gasteiger partial charge in [0.15, 0.2) is 23.8 Å². The van der Waals surface area contributed by atoms with Crippen LogP contribution in [0.25, 0.3) is 0 Å². The van der Waals surface area contributed by atoms with Gasteiger partial charge in [-0.05, 0) is 185 Å². The number of primary amides is 1. The molecule has 4 heterocycles. The number of aromatic nitrogens is 2. The van der Waals surface area contributed by atoms with Crippen molar-refractivity contribution in [3.63, 3.8) is 0 Å². The molecule has 3 saturated heterocycles. The lowest BCUT2D eigenvalue weighted by molar-refractivity contribution is -0.145. The van der Waals surface area contributed by atoms with Gasteiger partial charge in [0, 0.05) is 71.3 Å². The van der Waals surface area contributed by atoms with Crippen LogP contribution in [0.4, 0.5) is 0 Å². The number of thioether (sulfide) groups is 1. The Labute approximate surface area is 845 Å². The van der Waals surface area contributed by atoms with E-state index in [0.717, 1.165) is 4.90 Å². The van der Waals surface area contributed by atoms with Crippen LogP contribution in [0, 0.1) is 27.6 Å². The first-order chi connectivity index (χ1) is 69.0. The summed E-state index contributed by atoms with van der Waals surface area (Å²) in [6.45, 7) is 3.57. The smallest absolute Gasteiger partial charge is 0.326 e. The Kier molecular flexibility index (Phi) is 54.3. The van der Waals surface area contributed by atoms with Crippen molar-refractivity contribution in [3.8, 4) is 0 Å². The number of unbranched alkanes of at least 4 members (excludes halogenated alkanes) is 2. The minimum absolute atomic E-state index is 0.00927. The van der Waals surface area contributed by atoms with Crippen molar-refractivity contribution in [1.29, 1.82) is 21.6 Å². The highest BCUT2D eigenvalue weighted by atomic mass is 32.2. The highest BCUT2D eigenvalue weighted by molar-refractivity contribution is 7.98. The van der Waals surface area contributed by atoms with E-state index >= 15 is 4.79 Å². The Morgan fingerprint density at radius 3 is 1.28 bits per heavy atom. The molecule has 0 spiro atoms. The zero-order chi connectivity index (χ0) is 107. The van der Waals surface area contributed by atoms with E-state index in [4.69, 9.17) is 67.5 Å². The first-order valence-electron chi connectivity index (χ1n) is 48.9. The number of aromatic amines is 1. The van der Waals surface area contributed by atoms with E-state index < -0.39 is 259 Å². The molecule has 1 aromatic heterocycles. The molecule has 2 aromatic rings.